The molecule has 0 bridgehead atoms. The third-order valence-electron chi connectivity index (χ3n) is 11.3. The quantitative estimate of drug-likeness (QED) is 0.415. The zero-order valence-electron chi connectivity index (χ0n) is 23.7. The number of alkyl halides is 2. The fourth-order valence-corrected chi connectivity index (χ4v) is 9.27. The van der Waals surface area contributed by atoms with Gasteiger partial charge in [-0.15, -0.1) is 0 Å². The van der Waals surface area contributed by atoms with Crippen LogP contribution in [0.5, 0.6) is 0 Å². The van der Waals surface area contributed by atoms with Gasteiger partial charge >= 0.3 is 5.97 Å². The number of rotatable bonds is 3. The van der Waals surface area contributed by atoms with E-state index >= 15 is 8.78 Å². The molecule has 0 unspecified atom stereocenters. The number of nitrogens with zero attached hydrogens (tertiary/aromatic N) is 1. The summed E-state index contributed by atoms with van der Waals surface area (Å²) in [7, 11) is 0. The van der Waals surface area contributed by atoms with Crippen molar-refractivity contribution in [1.29, 1.82) is 0 Å². The Morgan fingerprint density at radius 3 is 2.54 bits per heavy atom. The van der Waals surface area contributed by atoms with E-state index in [0.29, 0.717) is 25.2 Å². The molecule has 7 nitrogen and oxygen atoms in total. The number of hydrogen-bond acceptors (Lipinski definition) is 6. The van der Waals surface area contributed by atoms with Crippen LogP contribution >= 0.6 is 0 Å². The molecular formula is C32H38F2N2O5. The molecule has 1 amide bonds. The smallest absolute Gasteiger partial charge is 0.339 e. The first-order valence-corrected chi connectivity index (χ1v) is 14.6. The first kappa shape index (κ1) is 28.1. The minimum atomic E-state index is -2.28. The minimum Gasteiger partial charge on any atom is -0.444 e. The predicted molar refractivity (Wildman–Crippen MR) is 148 cm³/mol. The number of esters is 1. The number of likely N-dealkylation sites (tertiary alicyclic amines) is 1. The van der Waals surface area contributed by atoms with Crippen molar-refractivity contribution in [3.8, 4) is 0 Å². The SMILES string of the molecule is C[C@@H]1C[C@H]2[C@@H]3C[C@H](F)C4=CC(=O)C=C[C@]4(C)[C@@]3(F)[C@@H](O)C[C@]2(C)[C@@]1(OC(=O)c1cccc(N)c1)C(=O)N1CCCC1. The molecule has 3 N–H and O–H groups in total. The van der Waals surface area contributed by atoms with Crippen LogP contribution in [0, 0.1) is 28.6 Å². The first-order valence-electron chi connectivity index (χ1n) is 14.6. The maximum absolute atomic E-state index is 17.7. The third-order valence-corrected chi connectivity index (χ3v) is 11.3. The third kappa shape index (κ3) is 3.60. The first-order chi connectivity index (χ1) is 19.3. The number of ether oxygens (including phenoxy) is 1. The Morgan fingerprint density at radius 1 is 1.15 bits per heavy atom. The lowest BCUT2D eigenvalue weighted by atomic mass is 9.44. The van der Waals surface area contributed by atoms with E-state index in [1.165, 1.54) is 18.2 Å². The Bertz CT molecular complexity index is 1370. The molecule has 4 fully saturated rings. The van der Waals surface area contributed by atoms with Crippen molar-refractivity contribution in [1.82, 2.24) is 4.90 Å². The molecule has 1 heterocycles. The summed E-state index contributed by atoms with van der Waals surface area (Å²) in [6.07, 6.45) is 2.16. The zero-order valence-corrected chi connectivity index (χ0v) is 23.7. The predicted octanol–water partition coefficient (Wildman–Crippen LogP) is 4.35. The highest BCUT2D eigenvalue weighted by atomic mass is 19.1. The average Bonchev–Trinajstić information content (AvgIpc) is 3.53. The van der Waals surface area contributed by atoms with E-state index in [1.807, 2.05) is 6.92 Å². The van der Waals surface area contributed by atoms with Crippen molar-refractivity contribution in [2.24, 2.45) is 28.6 Å². The van der Waals surface area contributed by atoms with Gasteiger partial charge in [-0.2, -0.15) is 0 Å². The maximum Gasteiger partial charge on any atom is 0.339 e. The van der Waals surface area contributed by atoms with Gasteiger partial charge in [0.05, 0.1) is 11.7 Å². The molecule has 4 aliphatic carbocycles. The van der Waals surface area contributed by atoms with Gasteiger partial charge in [0.15, 0.2) is 17.1 Å². The lowest BCUT2D eigenvalue weighted by Gasteiger charge is -2.63. The number of fused-ring (bicyclic) bond motifs is 5. The number of aliphatic hydroxyl groups is 1. The van der Waals surface area contributed by atoms with E-state index in [4.69, 9.17) is 10.5 Å². The molecule has 1 aliphatic heterocycles. The molecule has 6 rings (SSSR count). The van der Waals surface area contributed by atoms with E-state index < -0.39 is 63.9 Å². The van der Waals surface area contributed by atoms with Crippen molar-refractivity contribution in [3.05, 3.63) is 53.6 Å². The summed E-state index contributed by atoms with van der Waals surface area (Å²) in [6.45, 7) is 6.21. The van der Waals surface area contributed by atoms with E-state index in [0.717, 1.165) is 18.9 Å². The van der Waals surface area contributed by atoms with Crippen molar-refractivity contribution in [3.63, 3.8) is 0 Å². The van der Waals surface area contributed by atoms with Crippen LogP contribution < -0.4 is 5.73 Å². The Hall–Kier alpha value is -3.07. The highest BCUT2D eigenvalue weighted by molar-refractivity contribution is 6.01. The van der Waals surface area contributed by atoms with Gasteiger partial charge in [-0.05, 0) is 80.9 Å². The highest BCUT2D eigenvalue weighted by Crippen LogP contribution is 2.71. The molecule has 5 aliphatic rings. The normalized spacial score (nSPS) is 43.2. The molecule has 1 aromatic rings. The fourth-order valence-electron chi connectivity index (χ4n) is 9.27. The second-order valence-electron chi connectivity index (χ2n) is 13.2. The van der Waals surface area contributed by atoms with Crippen LogP contribution in [0.15, 0.2) is 48.1 Å². The lowest BCUT2D eigenvalue weighted by molar-refractivity contribution is -0.226. The number of ketones is 1. The van der Waals surface area contributed by atoms with Crippen LogP contribution in [-0.2, 0) is 14.3 Å². The summed E-state index contributed by atoms with van der Waals surface area (Å²) in [4.78, 5) is 42.1. The number of carbonyl (C=O) groups excluding carboxylic acids is 3. The van der Waals surface area contributed by atoms with Crippen LogP contribution in [0.2, 0.25) is 0 Å². The van der Waals surface area contributed by atoms with Crippen LogP contribution in [0.3, 0.4) is 0 Å². The van der Waals surface area contributed by atoms with Gasteiger partial charge in [0.25, 0.3) is 5.91 Å². The Labute approximate surface area is 238 Å². The molecule has 9 atom stereocenters. The van der Waals surface area contributed by atoms with Crippen molar-refractivity contribution in [2.75, 3.05) is 18.8 Å². The summed E-state index contributed by atoms with van der Waals surface area (Å²) < 4.78 is 39.9. The zero-order chi connectivity index (χ0) is 29.5. The number of amides is 1. The van der Waals surface area contributed by atoms with E-state index in [1.54, 1.807) is 36.9 Å². The van der Waals surface area contributed by atoms with Gasteiger partial charge in [-0.3, -0.25) is 9.59 Å². The molecule has 0 spiro atoms. The van der Waals surface area contributed by atoms with Gasteiger partial charge < -0.3 is 20.5 Å². The molecule has 1 aromatic carbocycles. The van der Waals surface area contributed by atoms with Crippen molar-refractivity contribution >= 4 is 23.3 Å². The number of nitrogen functional groups attached to an aromatic ring is 1. The number of aliphatic hydroxyl groups excluding tert-OH is 1. The standard InChI is InChI=1S/C32H38F2N2O5/c1-18-13-22-23-16-25(33)24-15-21(37)9-10-29(24,2)31(23,34)26(38)17-30(22,3)32(18,28(40)36-11-4-5-12-36)41-27(39)19-7-6-8-20(35)14-19/h6-10,14-15,18,22-23,25-26,38H,4-5,11-13,16-17,35H2,1-3H3/t18-,22+,23+,25+,26+,29+,30+,31+,32+/m1/s1. The Balaban J connectivity index is 1.48. The van der Waals surface area contributed by atoms with Crippen molar-refractivity contribution < 1.29 is 33.0 Å². The molecule has 0 aromatic heterocycles. The molecule has 3 saturated carbocycles. The number of carbonyl (C=O) groups is 3. The molecule has 220 valence electrons. The lowest BCUT2D eigenvalue weighted by Crippen LogP contribution is -2.71. The largest absolute Gasteiger partial charge is 0.444 e. The molecule has 9 heteroatoms. The second kappa shape index (κ2) is 9.21. The second-order valence-corrected chi connectivity index (χ2v) is 13.2. The maximum atomic E-state index is 17.7. The molecule has 1 saturated heterocycles. The van der Waals surface area contributed by atoms with Gasteiger partial charge in [0.1, 0.15) is 6.17 Å². The highest BCUT2D eigenvalue weighted by Gasteiger charge is 2.78. The van der Waals surface area contributed by atoms with Gasteiger partial charge in [0.2, 0.25) is 0 Å². The van der Waals surface area contributed by atoms with Crippen molar-refractivity contribution in [2.45, 2.75) is 76.4 Å². The van der Waals surface area contributed by atoms with Crippen LogP contribution in [0.25, 0.3) is 0 Å². The molecule has 41 heavy (non-hydrogen) atoms. The van der Waals surface area contributed by atoms with E-state index in [2.05, 4.69) is 0 Å². The van der Waals surface area contributed by atoms with Gasteiger partial charge in [-0.25, -0.2) is 13.6 Å². The summed E-state index contributed by atoms with van der Waals surface area (Å²) in [5, 5.41) is 11.8. The van der Waals surface area contributed by atoms with Gasteiger partial charge in [0, 0.05) is 41.4 Å². The summed E-state index contributed by atoms with van der Waals surface area (Å²) in [6, 6.07) is 6.32. The Kier molecular flexibility index (Phi) is 6.31. The van der Waals surface area contributed by atoms with Gasteiger partial charge in [-0.1, -0.05) is 26.0 Å². The number of benzene rings is 1. The van der Waals surface area contributed by atoms with E-state index in [-0.39, 0.29) is 29.9 Å². The average molecular weight is 569 g/mol. The number of halogens is 2. The van der Waals surface area contributed by atoms with Crippen LogP contribution in [0.1, 0.15) is 63.2 Å². The Morgan fingerprint density at radius 2 is 1.85 bits per heavy atom. The topological polar surface area (TPSA) is 110 Å². The number of nitrogens with two attached hydrogens (primary N) is 1. The number of hydrogen-bond donors (Lipinski definition) is 2. The van der Waals surface area contributed by atoms with Crippen LogP contribution in [0.4, 0.5) is 14.5 Å². The summed E-state index contributed by atoms with van der Waals surface area (Å²) in [5.74, 6) is -3.55. The number of anilines is 1. The fraction of sp³-hybridized carbons (Fsp3) is 0.594. The summed E-state index contributed by atoms with van der Waals surface area (Å²) in [5.41, 5.74) is -0.177. The van der Waals surface area contributed by atoms with Crippen LogP contribution in [-0.4, -0.2) is 64.3 Å². The summed E-state index contributed by atoms with van der Waals surface area (Å²) >= 11 is 0. The monoisotopic (exact) mass is 568 g/mol. The number of allylic oxidation sites excluding steroid dienone is 4. The van der Waals surface area contributed by atoms with E-state index in [9.17, 15) is 19.5 Å². The molecule has 0 radical (unpaired) electrons. The molecular weight excluding hydrogens is 530 g/mol. The minimum absolute atomic E-state index is 0.0462.